The van der Waals surface area contributed by atoms with Crippen molar-refractivity contribution in [2.45, 2.75) is 26.4 Å². The van der Waals surface area contributed by atoms with E-state index < -0.39 is 17.5 Å². The molecule has 1 aromatic heterocycles. The molecule has 19 heavy (non-hydrogen) atoms. The molecule has 0 bridgehead atoms. The van der Waals surface area contributed by atoms with Crippen molar-refractivity contribution in [1.29, 1.82) is 0 Å². The van der Waals surface area contributed by atoms with Gasteiger partial charge >= 0.3 is 0 Å². The van der Waals surface area contributed by atoms with E-state index in [0.717, 1.165) is 11.3 Å². The maximum absolute atomic E-state index is 13.6. The summed E-state index contributed by atoms with van der Waals surface area (Å²) < 4.78 is 40.0. The lowest BCUT2D eigenvalue weighted by Crippen LogP contribution is -2.21. The van der Waals surface area contributed by atoms with Gasteiger partial charge in [0, 0.05) is 30.1 Å². The zero-order chi connectivity index (χ0) is 14.0. The van der Waals surface area contributed by atoms with Gasteiger partial charge in [-0.05, 0) is 0 Å². The predicted molar refractivity (Wildman–Crippen MR) is 69.4 cm³/mol. The second-order valence-corrected chi connectivity index (χ2v) is 5.28. The van der Waals surface area contributed by atoms with Gasteiger partial charge in [-0.3, -0.25) is 0 Å². The van der Waals surface area contributed by atoms with Crippen LogP contribution in [0.2, 0.25) is 0 Å². The average molecular weight is 286 g/mol. The number of nitrogens with zero attached hydrogens (tertiary/aromatic N) is 1. The molecule has 2 aromatic rings. The molecule has 6 heteroatoms. The Morgan fingerprint density at radius 1 is 1.21 bits per heavy atom. The van der Waals surface area contributed by atoms with Crippen molar-refractivity contribution < 1.29 is 13.2 Å². The summed E-state index contributed by atoms with van der Waals surface area (Å²) in [5.41, 5.74) is 0.430. The summed E-state index contributed by atoms with van der Waals surface area (Å²) >= 11 is 1.13. The van der Waals surface area contributed by atoms with Crippen LogP contribution in [0, 0.1) is 17.5 Å². The van der Waals surface area contributed by atoms with Gasteiger partial charge in [-0.1, -0.05) is 13.8 Å². The normalized spacial score (nSPS) is 11.3. The Kier molecular flexibility index (Phi) is 4.21. The van der Waals surface area contributed by atoms with E-state index in [-0.39, 0.29) is 10.6 Å². The predicted octanol–water partition coefficient (Wildman–Crippen LogP) is 3.73. The van der Waals surface area contributed by atoms with Gasteiger partial charge in [-0.25, -0.2) is 18.2 Å². The molecular formula is C13H13F3N2S. The molecule has 0 radical (unpaired) electrons. The number of hydrogen-bond acceptors (Lipinski definition) is 3. The van der Waals surface area contributed by atoms with Crippen LogP contribution in [-0.4, -0.2) is 11.0 Å². The van der Waals surface area contributed by atoms with Crippen molar-refractivity contribution in [3.05, 3.63) is 40.7 Å². The summed E-state index contributed by atoms with van der Waals surface area (Å²) in [5, 5.41) is 5.11. The smallest absolute Gasteiger partial charge is 0.139 e. The van der Waals surface area contributed by atoms with Gasteiger partial charge in [0.05, 0.1) is 11.3 Å². The van der Waals surface area contributed by atoms with Crippen LogP contribution in [0.5, 0.6) is 0 Å². The molecular weight excluding hydrogens is 273 g/mol. The molecule has 0 spiro atoms. The molecule has 0 saturated heterocycles. The minimum Gasteiger partial charge on any atom is -0.309 e. The van der Waals surface area contributed by atoms with Crippen LogP contribution < -0.4 is 5.32 Å². The lowest BCUT2D eigenvalue weighted by atomic mass is 10.2. The van der Waals surface area contributed by atoms with Gasteiger partial charge < -0.3 is 5.32 Å². The Morgan fingerprint density at radius 3 is 2.42 bits per heavy atom. The van der Waals surface area contributed by atoms with Gasteiger partial charge in [-0.2, -0.15) is 0 Å². The molecule has 1 N–H and O–H groups in total. The van der Waals surface area contributed by atoms with Crippen molar-refractivity contribution in [3.63, 3.8) is 0 Å². The van der Waals surface area contributed by atoms with Crippen molar-refractivity contribution in [2.24, 2.45) is 0 Å². The Labute approximate surface area is 113 Å². The first-order valence-corrected chi connectivity index (χ1v) is 6.68. The SMILES string of the molecule is CC(C)NCc1csc(-c2c(F)cc(F)cc2F)n1. The Morgan fingerprint density at radius 2 is 1.84 bits per heavy atom. The van der Waals surface area contributed by atoms with Gasteiger partial charge in [0.1, 0.15) is 22.5 Å². The molecule has 102 valence electrons. The summed E-state index contributed by atoms with van der Waals surface area (Å²) in [4.78, 5) is 4.16. The zero-order valence-electron chi connectivity index (χ0n) is 10.5. The summed E-state index contributed by atoms with van der Waals surface area (Å²) in [6.07, 6.45) is 0. The van der Waals surface area contributed by atoms with E-state index in [1.165, 1.54) is 0 Å². The van der Waals surface area contributed by atoms with Crippen molar-refractivity contribution in [3.8, 4) is 10.6 Å². The molecule has 0 aliphatic carbocycles. The van der Waals surface area contributed by atoms with E-state index in [9.17, 15) is 13.2 Å². The fraction of sp³-hybridized carbons (Fsp3) is 0.308. The van der Waals surface area contributed by atoms with Gasteiger partial charge in [-0.15, -0.1) is 11.3 Å². The molecule has 1 aromatic carbocycles. The summed E-state index contributed by atoms with van der Waals surface area (Å²) in [7, 11) is 0. The van der Waals surface area contributed by atoms with Gasteiger partial charge in [0.15, 0.2) is 0 Å². The van der Waals surface area contributed by atoms with E-state index in [2.05, 4.69) is 10.3 Å². The highest BCUT2D eigenvalue weighted by molar-refractivity contribution is 7.13. The number of rotatable bonds is 4. The molecule has 0 aliphatic heterocycles. The first-order valence-electron chi connectivity index (χ1n) is 5.80. The highest BCUT2D eigenvalue weighted by atomic mass is 32.1. The summed E-state index contributed by atoms with van der Waals surface area (Å²) in [6, 6.07) is 1.61. The minimum absolute atomic E-state index is 0.218. The molecule has 0 amide bonds. The maximum Gasteiger partial charge on any atom is 0.139 e. The van der Waals surface area contributed by atoms with Crippen LogP contribution in [0.3, 0.4) is 0 Å². The van der Waals surface area contributed by atoms with Crippen LogP contribution in [0.15, 0.2) is 17.5 Å². The average Bonchev–Trinajstić information content (AvgIpc) is 2.73. The largest absolute Gasteiger partial charge is 0.309 e. The van der Waals surface area contributed by atoms with Crippen LogP contribution in [0.4, 0.5) is 13.2 Å². The van der Waals surface area contributed by atoms with Crippen molar-refractivity contribution in [1.82, 2.24) is 10.3 Å². The van der Waals surface area contributed by atoms with Crippen molar-refractivity contribution in [2.75, 3.05) is 0 Å². The summed E-state index contributed by atoms with van der Waals surface area (Å²) in [5.74, 6) is -2.80. The van der Waals surface area contributed by atoms with Crippen LogP contribution in [0.25, 0.3) is 10.6 Å². The first-order chi connectivity index (χ1) is 8.97. The van der Waals surface area contributed by atoms with E-state index >= 15 is 0 Å². The Bertz CT molecular complexity index is 558. The fourth-order valence-corrected chi connectivity index (χ4v) is 2.42. The minimum atomic E-state index is -0.935. The molecule has 0 fully saturated rings. The molecule has 1 heterocycles. The molecule has 0 saturated carbocycles. The number of nitrogens with one attached hydrogen (secondary N) is 1. The van der Waals surface area contributed by atoms with Gasteiger partial charge in [0.2, 0.25) is 0 Å². The Hall–Kier alpha value is -1.40. The number of hydrogen-bond donors (Lipinski definition) is 1. The van der Waals surface area contributed by atoms with Crippen molar-refractivity contribution >= 4 is 11.3 Å². The van der Waals surface area contributed by atoms with Crippen LogP contribution >= 0.6 is 11.3 Å². The lowest BCUT2D eigenvalue weighted by Gasteiger charge is -2.05. The van der Waals surface area contributed by atoms with E-state index in [4.69, 9.17) is 0 Å². The standard InChI is InChI=1S/C13H13F3N2S/c1-7(2)17-5-9-6-19-13(18-9)12-10(15)3-8(14)4-11(12)16/h3-4,6-7,17H,5H2,1-2H3. The topological polar surface area (TPSA) is 24.9 Å². The quantitative estimate of drug-likeness (QED) is 0.926. The molecule has 2 nitrogen and oxygen atoms in total. The second-order valence-electron chi connectivity index (χ2n) is 4.42. The first kappa shape index (κ1) is 14.0. The fourth-order valence-electron chi connectivity index (χ4n) is 1.56. The molecule has 0 atom stereocenters. The highest BCUT2D eigenvalue weighted by Crippen LogP contribution is 2.29. The number of thiazole rings is 1. The van der Waals surface area contributed by atoms with Crippen LogP contribution in [-0.2, 0) is 6.54 Å². The van der Waals surface area contributed by atoms with E-state index in [1.54, 1.807) is 5.38 Å². The highest BCUT2D eigenvalue weighted by Gasteiger charge is 2.16. The number of halogens is 3. The lowest BCUT2D eigenvalue weighted by molar-refractivity contribution is 0.547. The zero-order valence-corrected chi connectivity index (χ0v) is 11.3. The monoisotopic (exact) mass is 286 g/mol. The molecule has 2 rings (SSSR count). The number of benzene rings is 1. The number of aromatic nitrogens is 1. The van der Waals surface area contributed by atoms with E-state index in [1.807, 2.05) is 13.8 Å². The third kappa shape index (κ3) is 3.33. The second kappa shape index (κ2) is 5.71. The summed E-state index contributed by atoms with van der Waals surface area (Å²) in [6.45, 7) is 4.51. The van der Waals surface area contributed by atoms with E-state index in [0.29, 0.717) is 30.4 Å². The van der Waals surface area contributed by atoms with Crippen LogP contribution in [0.1, 0.15) is 19.5 Å². The maximum atomic E-state index is 13.6. The molecule has 0 unspecified atom stereocenters. The van der Waals surface area contributed by atoms with Gasteiger partial charge in [0.25, 0.3) is 0 Å². The third-order valence-electron chi connectivity index (χ3n) is 2.46. The molecule has 0 aliphatic rings. The Balaban J connectivity index is 2.28. The third-order valence-corrected chi connectivity index (χ3v) is 3.37.